The molecule has 0 amide bonds. The van der Waals surface area contributed by atoms with Crippen molar-refractivity contribution in [1.29, 1.82) is 0 Å². The first-order chi connectivity index (χ1) is 7.78. The predicted molar refractivity (Wildman–Crippen MR) is 68.5 cm³/mol. The molecule has 2 aromatic heterocycles. The zero-order valence-corrected chi connectivity index (χ0v) is 10.4. The molecule has 84 valence electrons. The minimum absolute atomic E-state index is 0.679. The van der Waals surface area contributed by atoms with Crippen LogP contribution in [0.4, 0.5) is 5.82 Å². The predicted octanol–water partition coefficient (Wildman–Crippen LogP) is 2.42. The fourth-order valence-electron chi connectivity index (χ4n) is 1.14. The number of nitrogens with two attached hydrogens (primary N) is 1. The first-order valence-corrected chi connectivity index (χ1v) is 6.61. The molecule has 3 N–H and O–H groups in total. The SMILES string of the molecule is Cc1csc(SCc2ccc(NN)nc2)n1. The zero-order chi connectivity index (χ0) is 11.4. The molecular weight excluding hydrogens is 240 g/mol. The maximum absolute atomic E-state index is 5.24. The monoisotopic (exact) mass is 252 g/mol. The lowest BCUT2D eigenvalue weighted by Gasteiger charge is -2.01. The number of rotatable bonds is 4. The highest BCUT2D eigenvalue weighted by Crippen LogP contribution is 2.25. The Hall–Kier alpha value is -1.11. The first-order valence-electron chi connectivity index (χ1n) is 4.74. The number of nitrogen functional groups attached to an aromatic ring is 1. The van der Waals surface area contributed by atoms with E-state index in [0.29, 0.717) is 5.82 Å². The second-order valence-electron chi connectivity index (χ2n) is 3.24. The Labute approximate surface area is 102 Å². The van der Waals surface area contributed by atoms with Crippen molar-refractivity contribution in [3.63, 3.8) is 0 Å². The highest BCUT2D eigenvalue weighted by molar-refractivity contribution is 8.00. The summed E-state index contributed by atoms with van der Waals surface area (Å²) in [6.45, 7) is 2.00. The third kappa shape index (κ3) is 2.94. The van der Waals surface area contributed by atoms with Gasteiger partial charge in [-0.1, -0.05) is 17.8 Å². The largest absolute Gasteiger partial charge is 0.308 e. The molecule has 0 atom stereocenters. The van der Waals surface area contributed by atoms with Crippen LogP contribution in [-0.4, -0.2) is 9.97 Å². The van der Waals surface area contributed by atoms with Gasteiger partial charge in [-0.2, -0.15) is 0 Å². The number of hydrazine groups is 1. The van der Waals surface area contributed by atoms with Gasteiger partial charge in [0.2, 0.25) is 0 Å². The van der Waals surface area contributed by atoms with E-state index in [1.807, 2.05) is 25.3 Å². The summed E-state index contributed by atoms with van der Waals surface area (Å²) in [7, 11) is 0. The van der Waals surface area contributed by atoms with Gasteiger partial charge in [0.15, 0.2) is 0 Å². The average Bonchev–Trinajstić information content (AvgIpc) is 2.73. The lowest BCUT2D eigenvalue weighted by atomic mass is 10.3. The smallest absolute Gasteiger partial charge is 0.150 e. The van der Waals surface area contributed by atoms with E-state index in [4.69, 9.17) is 5.84 Å². The minimum Gasteiger partial charge on any atom is -0.308 e. The number of nitrogens with one attached hydrogen (secondary N) is 1. The molecule has 0 saturated carbocycles. The van der Waals surface area contributed by atoms with Gasteiger partial charge in [-0.05, 0) is 18.6 Å². The van der Waals surface area contributed by atoms with Crippen LogP contribution >= 0.6 is 23.1 Å². The molecular formula is C10H12N4S2. The number of aromatic nitrogens is 2. The van der Waals surface area contributed by atoms with Crippen LogP contribution in [0.1, 0.15) is 11.3 Å². The first kappa shape index (κ1) is 11.4. The van der Waals surface area contributed by atoms with Gasteiger partial charge in [0.1, 0.15) is 10.2 Å². The number of nitrogens with zero attached hydrogens (tertiary/aromatic N) is 2. The van der Waals surface area contributed by atoms with Gasteiger partial charge in [-0.15, -0.1) is 11.3 Å². The molecule has 16 heavy (non-hydrogen) atoms. The van der Waals surface area contributed by atoms with Crippen molar-refractivity contribution in [2.75, 3.05) is 5.43 Å². The van der Waals surface area contributed by atoms with E-state index in [-0.39, 0.29) is 0 Å². The Morgan fingerprint density at radius 2 is 2.38 bits per heavy atom. The Kier molecular flexibility index (Phi) is 3.76. The van der Waals surface area contributed by atoms with Crippen molar-refractivity contribution >= 4 is 28.9 Å². The van der Waals surface area contributed by atoms with Crippen molar-refractivity contribution in [3.05, 3.63) is 35.0 Å². The van der Waals surface area contributed by atoms with Gasteiger partial charge in [-0.25, -0.2) is 15.8 Å². The van der Waals surface area contributed by atoms with E-state index in [1.165, 1.54) is 0 Å². The molecule has 2 heterocycles. The molecule has 0 spiro atoms. The summed E-state index contributed by atoms with van der Waals surface area (Å²) in [4.78, 5) is 8.54. The molecule has 0 radical (unpaired) electrons. The minimum atomic E-state index is 0.679. The third-order valence-corrected chi connectivity index (χ3v) is 4.14. The summed E-state index contributed by atoms with van der Waals surface area (Å²) in [5, 5.41) is 2.06. The Bertz CT molecular complexity index is 452. The van der Waals surface area contributed by atoms with Crippen LogP contribution in [0.3, 0.4) is 0 Å². The maximum Gasteiger partial charge on any atom is 0.150 e. The van der Waals surface area contributed by atoms with E-state index >= 15 is 0 Å². The van der Waals surface area contributed by atoms with E-state index in [0.717, 1.165) is 21.3 Å². The van der Waals surface area contributed by atoms with Crippen molar-refractivity contribution in [2.45, 2.75) is 17.0 Å². The summed E-state index contributed by atoms with van der Waals surface area (Å²) in [5.74, 6) is 6.80. The molecule has 0 saturated heterocycles. The van der Waals surface area contributed by atoms with Gasteiger partial charge in [0.05, 0.1) is 0 Å². The number of thiazole rings is 1. The molecule has 2 aromatic rings. The normalized spacial score (nSPS) is 10.4. The van der Waals surface area contributed by atoms with Crippen molar-refractivity contribution in [1.82, 2.24) is 9.97 Å². The quantitative estimate of drug-likeness (QED) is 0.497. The number of hydrogen-bond acceptors (Lipinski definition) is 6. The summed E-state index contributed by atoms with van der Waals surface area (Å²) in [5.41, 5.74) is 4.74. The molecule has 0 fully saturated rings. The molecule has 6 heteroatoms. The molecule has 0 unspecified atom stereocenters. The molecule has 4 nitrogen and oxygen atoms in total. The van der Waals surface area contributed by atoms with Gasteiger partial charge >= 0.3 is 0 Å². The maximum atomic E-state index is 5.24. The lowest BCUT2D eigenvalue weighted by molar-refractivity contribution is 1.15. The van der Waals surface area contributed by atoms with Crippen LogP contribution in [0.15, 0.2) is 28.0 Å². The fraction of sp³-hybridized carbons (Fsp3) is 0.200. The summed E-state index contributed by atoms with van der Waals surface area (Å²) in [6, 6.07) is 3.87. The van der Waals surface area contributed by atoms with Gasteiger partial charge < -0.3 is 5.43 Å². The third-order valence-electron chi connectivity index (χ3n) is 1.93. The summed E-state index contributed by atoms with van der Waals surface area (Å²) < 4.78 is 1.10. The van der Waals surface area contributed by atoms with Crippen molar-refractivity contribution in [2.24, 2.45) is 5.84 Å². The van der Waals surface area contributed by atoms with Gasteiger partial charge in [0.25, 0.3) is 0 Å². The standard InChI is InChI=1S/C10H12N4S2/c1-7-5-15-10(13-7)16-6-8-2-3-9(14-11)12-4-8/h2-5H,6,11H2,1H3,(H,12,14). The summed E-state index contributed by atoms with van der Waals surface area (Å²) in [6.07, 6.45) is 1.82. The van der Waals surface area contributed by atoms with Crippen LogP contribution in [0.5, 0.6) is 0 Å². The number of thioether (sulfide) groups is 1. The topological polar surface area (TPSA) is 63.8 Å². The second kappa shape index (κ2) is 5.29. The van der Waals surface area contributed by atoms with Crippen molar-refractivity contribution < 1.29 is 0 Å². The average molecular weight is 252 g/mol. The van der Waals surface area contributed by atoms with E-state index in [2.05, 4.69) is 20.8 Å². The van der Waals surface area contributed by atoms with E-state index in [9.17, 15) is 0 Å². The van der Waals surface area contributed by atoms with Crippen LogP contribution in [0, 0.1) is 6.92 Å². The van der Waals surface area contributed by atoms with Gasteiger partial charge in [-0.3, -0.25) is 0 Å². The molecule has 0 bridgehead atoms. The molecule has 0 aromatic carbocycles. The van der Waals surface area contributed by atoms with Crippen LogP contribution in [0.25, 0.3) is 0 Å². The molecule has 2 rings (SSSR count). The number of aryl methyl sites for hydroxylation is 1. The molecule has 0 aliphatic carbocycles. The molecule has 0 aliphatic heterocycles. The number of hydrogen-bond donors (Lipinski definition) is 2. The lowest BCUT2D eigenvalue weighted by Crippen LogP contribution is -2.08. The van der Waals surface area contributed by atoms with Crippen molar-refractivity contribution in [3.8, 4) is 0 Å². The van der Waals surface area contributed by atoms with Crippen LogP contribution in [-0.2, 0) is 5.75 Å². The van der Waals surface area contributed by atoms with Crippen LogP contribution < -0.4 is 11.3 Å². The van der Waals surface area contributed by atoms with E-state index < -0.39 is 0 Å². The Balaban J connectivity index is 1.94. The number of anilines is 1. The summed E-state index contributed by atoms with van der Waals surface area (Å²) >= 11 is 3.40. The molecule has 0 aliphatic rings. The second-order valence-corrected chi connectivity index (χ2v) is 5.32. The highest BCUT2D eigenvalue weighted by atomic mass is 32.2. The fourth-order valence-corrected chi connectivity index (χ4v) is 2.92. The van der Waals surface area contributed by atoms with Crippen LogP contribution in [0.2, 0.25) is 0 Å². The van der Waals surface area contributed by atoms with E-state index in [1.54, 1.807) is 23.1 Å². The number of pyridine rings is 1. The zero-order valence-electron chi connectivity index (χ0n) is 8.80. The Morgan fingerprint density at radius 1 is 1.50 bits per heavy atom. The van der Waals surface area contributed by atoms with Gasteiger partial charge in [0, 0.05) is 23.0 Å². The highest BCUT2D eigenvalue weighted by Gasteiger charge is 2.01. The Morgan fingerprint density at radius 3 is 2.94 bits per heavy atom.